The third-order valence-corrected chi connectivity index (χ3v) is 4.58. The SMILES string of the molecule is CCCCC(NS(=O)(=O)c1cc(Cl)cc(C(N)=O)c1)C(=O)O. The van der Waals surface area contributed by atoms with Crippen LogP contribution in [0.3, 0.4) is 0 Å². The highest BCUT2D eigenvalue weighted by Gasteiger charge is 2.25. The Balaban J connectivity index is 3.12. The van der Waals surface area contributed by atoms with Crippen molar-refractivity contribution in [2.24, 2.45) is 5.73 Å². The highest BCUT2D eigenvalue weighted by Crippen LogP contribution is 2.19. The van der Waals surface area contributed by atoms with Crippen molar-refractivity contribution in [3.8, 4) is 0 Å². The van der Waals surface area contributed by atoms with Crippen molar-refractivity contribution in [2.75, 3.05) is 0 Å². The smallest absolute Gasteiger partial charge is 0.321 e. The van der Waals surface area contributed by atoms with Crippen LogP contribution in [-0.4, -0.2) is 31.4 Å². The molecule has 0 saturated heterocycles. The molecule has 7 nitrogen and oxygen atoms in total. The van der Waals surface area contributed by atoms with Crippen molar-refractivity contribution in [3.05, 3.63) is 28.8 Å². The lowest BCUT2D eigenvalue weighted by atomic mass is 10.1. The Hall–Kier alpha value is -1.64. The van der Waals surface area contributed by atoms with Crippen molar-refractivity contribution in [1.29, 1.82) is 0 Å². The number of carbonyl (C=O) groups excluding carboxylic acids is 1. The van der Waals surface area contributed by atoms with Crippen molar-refractivity contribution in [1.82, 2.24) is 4.72 Å². The number of halogens is 1. The van der Waals surface area contributed by atoms with Gasteiger partial charge in [-0.25, -0.2) is 8.42 Å². The van der Waals surface area contributed by atoms with Crippen molar-refractivity contribution >= 4 is 33.5 Å². The number of primary amides is 1. The van der Waals surface area contributed by atoms with Crippen LogP contribution in [0.4, 0.5) is 0 Å². The molecule has 4 N–H and O–H groups in total. The maximum absolute atomic E-state index is 12.3. The summed E-state index contributed by atoms with van der Waals surface area (Å²) in [7, 11) is -4.14. The summed E-state index contributed by atoms with van der Waals surface area (Å²) in [6, 6.07) is 2.15. The number of unbranched alkanes of at least 4 members (excludes halogenated alkanes) is 1. The number of hydrogen-bond donors (Lipinski definition) is 3. The Labute approximate surface area is 133 Å². The van der Waals surface area contributed by atoms with E-state index in [0.29, 0.717) is 6.42 Å². The predicted octanol–water partition coefficient (Wildman–Crippen LogP) is 1.36. The van der Waals surface area contributed by atoms with E-state index in [1.165, 1.54) is 6.07 Å². The average Bonchev–Trinajstić information content (AvgIpc) is 2.42. The van der Waals surface area contributed by atoms with Crippen LogP contribution in [0.25, 0.3) is 0 Å². The normalized spacial score (nSPS) is 12.8. The number of carboxylic acid groups (broad SMARTS) is 1. The molecule has 0 aliphatic rings. The second kappa shape index (κ2) is 7.57. The van der Waals surface area contributed by atoms with Crippen LogP contribution in [0.15, 0.2) is 23.1 Å². The zero-order valence-corrected chi connectivity index (χ0v) is 13.4. The molecule has 1 rings (SSSR count). The third kappa shape index (κ3) is 4.97. The zero-order valence-electron chi connectivity index (χ0n) is 11.9. The van der Waals surface area contributed by atoms with E-state index in [1.54, 1.807) is 0 Å². The van der Waals surface area contributed by atoms with Crippen LogP contribution in [0.2, 0.25) is 5.02 Å². The van der Waals surface area contributed by atoms with Crippen molar-refractivity contribution in [2.45, 2.75) is 37.1 Å². The van der Waals surface area contributed by atoms with Gasteiger partial charge in [-0.3, -0.25) is 9.59 Å². The summed E-state index contributed by atoms with van der Waals surface area (Å²) in [5.41, 5.74) is 5.03. The number of sulfonamides is 1. The fourth-order valence-corrected chi connectivity index (χ4v) is 3.35. The van der Waals surface area contributed by atoms with Gasteiger partial charge in [0.15, 0.2) is 0 Å². The first-order valence-corrected chi connectivity index (χ1v) is 8.39. The van der Waals surface area contributed by atoms with Gasteiger partial charge < -0.3 is 10.8 Å². The fraction of sp³-hybridized carbons (Fsp3) is 0.385. The summed E-state index contributed by atoms with van der Waals surface area (Å²) in [5, 5.41) is 9.09. The minimum absolute atomic E-state index is 0.0112. The lowest BCUT2D eigenvalue weighted by Gasteiger charge is -2.15. The second-order valence-corrected chi connectivity index (χ2v) is 6.84. The lowest BCUT2D eigenvalue weighted by molar-refractivity contribution is -0.139. The van der Waals surface area contributed by atoms with Gasteiger partial charge in [0, 0.05) is 10.6 Å². The van der Waals surface area contributed by atoms with Gasteiger partial charge in [-0.15, -0.1) is 0 Å². The van der Waals surface area contributed by atoms with E-state index in [4.69, 9.17) is 22.4 Å². The summed E-state index contributed by atoms with van der Waals surface area (Å²) in [5.74, 6) is -2.10. The molecule has 0 spiro atoms. The molecule has 0 aliphatic heterocycles. The number of nitrogens with one attached hydrogen (secondary N) is 1. The number of nitrogens with two attached hydrogens (primary N) is 1. The molecule has 0 aromatic heterocycles. The van der Waals surface area contributed by atoms with Gasteiger partial charge in [0.2, 0.25) is 15.9 Å². The monoisotopic (exact) mass is 348 g/mol. The van der Waals surface area contributed by atoms with Crippen LogP contribution < -0.4 is 10.5 Å². The second-order valence-electron chi connectivity index (χ2n) is 4.69. The van der Waals surface area contributed by atoms with Crippen LogP contribution in [-0.2, 0) is 14.8 Å². The van der Waals surface area contributed by atoms with Gasteiger partial charge in [-0.1, -0.05) is 31.4 Å². The number of carboxylic acids is 1. The van der Waals surface area contributed by atoms with E-state index < -0.39 is 27.9 Å². The molecule has 1 unspecified atom stereocenters. The molecule has 0 aliphatic carbocycles. The first kappa shape index (κ1) is 18.4. The van der Waals surface area contributed by atoms with E-state index in [9.17, 15) is 18.0 Å². The van der Waals surface area contributed by atoms with Crippen LogP contribution in [0.1, 0.15) is 36.5 Å². The highest BCUT2D eigenvalue weighted by atomic mass is 35.5. The van der Waals surface area contributed by atoms with Gasteiger partial charge >= 0.3 is 5.97 Å². The Morgan fingerprint density at radius 2 is 2.00 bits per heavy atom. The van der Waals surface area contributed by atoms with Crippen LogP contribution >= 0.6 is 11.6 Å². The Morgan fingerprint density at radius 3 is 2.50 bits per heavy atom. The summed E-state index contributed by atoms with van der Waals surface area (Å²) in [6.07, 6.45) is 1.45. The number of carbonyl (C=O) groups is 2. The summed E-state index contributed by atoms with van der Waals surface area (Å²) < 4.78 is 26.6. The maximum Gasteiger partial charge on any atom is 0.321 e. The van der Waals surface area contributed by atoms with Crippen molar-refractivity contribution in [3.63, 3.8) is 0 Å². The lowest BCUT2D eigenvalue weighted by Crippen LogP contribution is -2.40. The molecule has 0 radical (unpaired) electrons. The molecule has 1 aromatic carbocycles. The number of rotatable bonds is 8. The minimum atomic E-state index is -4.14. The number of benzene rings is 1. The van der Waals surface area contributed by atoms with E-state index in [0.717, 1.165) is 18.6 Å². The molecule has 122 valence electrons. The van der Waals surface area contributed by atoms with Gasteiger partial charge in [-0.05, 0) is 24.6 Å². The molecular weight excluding hydrogens is 332 g/mol. The van der Waals surface area contributed by atoms with Crippen molar-refractivity contribution < 1.29 is 23.1 Å². The van der Waals surface area contributed by atoms with Crippen LogP contribution in [0.5, 0.6) is 0 Å². The van der Waals surface area contributed by atoms with E-state index in [1.807, 2.05) is 6.92 Å². The van der Waals surface area contributed by atoms with Gasteiger partial charge in [0.1, 0.15) is 6.04 Å². The molecule has 0 bridgehead atoms. The van der Waals surface area contributed by atoms with Gasteiger partial charge in [-0.2, -0.15) is 4.72 Å². The molecule has 0 heterocycles. The molecule has 1 atom stereocenters. The topological polar surface area (TPSA) is 127 Å². The zero-order chi connectivity index (χ0) is 16.9. The Kier molecular flexibility index (Phi) is 6.34. The van der Waals surface area contributed by atoms with E-state index >= 15 is 0 Å². The number of aliphatic carboxylic acids is 1. The quantitative estimate of drug-likeness (QED) is 0.653. The predicted molar refractivity (Wildman–Crippen MR) is 81.2 cm³/mol. The molecule has 9 heteroatoms. The molecule has 0 fully saturated rings. The minimum Gasteiger partial charge on any atom is -0.480 e. The Bertz CT molecular complexity index is 675. The molecule has 0 saturated carbocycles. The first-order chi connectivity index (χ1) is 10.2. The standard InChI is InChI=1S/C13H17ClN2O5S/c1-2-3-4-11(13(18)19)16-22(20,21)10-6-8(12(15)17)5-9(14)7-10/h5-7,11,16H,2-4H2,1H3,(H2,15,17)(H,18,19). The molecular formula is C13H17ClN2O5S. The molecule has 1 amide bonds. The summed E-state index contributed by atoms with van der Waals surface area (Å²) >= 11 is 5.77. The van der Waals surface area contributed by atoms with E-state index in [-0.39, 0.29) is 21.9 Å². The highest BCUT2D eigenvalue weighted by molar-refractivity contribution is 7.89. The molecule has 22 heavy (non-hydrogen) atoms. The van der Waals surface area contributed by atoms with Crippen LogP contribution in [0, 0.1) is 0 Å². The third-order valence-electron chi connectivity index (χ3n) is 2.91. The van der Waals surface area contributed by atoms with E-state index in [2.05, 4.69) is 4.72 Å². The number of amides is 1. The average molecular weight is 349 g/mol. The summed E-state index contributed by atoms with van der Waals surface area (Å²) in [4.78, 5) is 22.0. The van der Waals surface area contributed by atoms with Gasteiger partial charge in [0.25, 0.3) is 0 Å². The summed E-state index contributed by atoms with van der Waals surface area (Å²) in [6.45, 7) is 1.86. The first-order valence-electron chi connectivity index (χ1n) is 6.53. The largest absolute Gasteiger partial charge is 0.480 e. The maximum atomic E-state index is 12.3. The Morgan fingerprint density at radius 1 is 1.36 bits per heavy atom. The number of hydrogen-bond acceptors (Lipinski definition) is 4. The fourth-order valence-electron chi connectivity index (χ4n) is 1.76. The molecule has 1 aromatic rings. The van der Waals surface area contributed by atoms with Gasteiger partial charge in [0.05, 0.1) is 4.90 Å².